The fourth-order valence-electron chi connectivity index (χ4n) is 3.62. The number of ether oxygens (including phenoxy) is 2. The fourth-order valence-corrected chi connectivity index (χ4v) is 3.62. The summed E-state index contributed by atoms with van der Waals surface area (Å²) in [6, 6.07) is 7.48. The lowest BCUT2D eigenvalue weighted by atomic mass is 9.78. The Morgan fingerprint density at radius 2 is 1.63 bits per heavy atom. The van der Waals surface area contributed by atoms with Crippen molar-refractivity contribution in [3.63, 3.8) is 0 Å². The summed E-state index contributed by atoms with van der Waals surface area (Å²) in [5.41, 5.74) is 1.93. The highest BCUT2D eigenvalue weighted by atomic mass is 16.7. The number of nitrogens with zero attached hydrogens (tertiary/aromatic N) is 2. The van der Waals surface area contributed by atoms with E-state index >= 15 is 0 Å². The third kappa shape index (κ3) is 3.07. The van der Waals surface area contributed by atoms with Crippen LogP contribution >= 0.6 is 0 Å². The molecule has 0 amide bonds. The Hall–Kier alpha value is -2.84. The van der Waals surface area contributed by atoms with Gasteiger partial charge in [-0.15, -0.1) is 0 Å². The molecule has 1 saturated heterocycles. The predicted octanol–water partition coefficient (Wildman–Crippen LogP) is 3.15. The number of methoxy groups -OCH3 is 2. The quantitative estimate of drug-likeness (QED) is 0.477. The molecule has 156 valence electrons. The number of benzene rings is 1. The summed E-state index contributed by atoms with van der Waals surface area (Å²) in [6.07, 6.45) is 4.39. The van der Waals surface area contributed by atoms with Crippen molar-refractivity contribution in [2.75, 3.05) is 14.2 Å². The number of fused-ring (bicyclic) bond motifs is 1. The molecule has 1 fully saturated rings. The molecule has 2 aromatic heterocycles. The number of hydrogen-bond acceptors (Lipinski definition) is 6. The Morgan fingerprint density at radius 1 is 1.03 bits per heavy atom. The molecular weight excluding hydrogens is 383 g/mol. The molecule has 0 unspecified atom stereocenters. The zero-order valence-corrected chi connectivity index (χ0v) is 18.1. The maximum Gasteiger partial charge on any atom is 0.495 e. The average molecular weight is 408 g/mol. The molecule has 4 rings (SSSR count). The van der Waals surface area contributed by atoms with E-state index in [0.29, 0.717) is 17.1 Å². The van der Waals surface area contributed by atoms with Crippen LogP contribution in [0.4, 0.5) is 0 Å². The molecule has 3 heterocycles. The number of hydrogen-bond donors (Lipinski definition) is 0. The second kappa shape index (κ2) is 7.14. The minimum absolute atomic E-state index is 0.367. The molecule has 0 aliphatic carbocycles. The van der Waals surface area contributed by atoms with Gasteiger partial charge in [0.15, 0.2) is 6.29 Å². The van der Waals surface area contributed by atoms with Crippen molar-refractivity contribution in [2.45, 2.75) is 38.9 Å². The van der Waals surface area contributed by atoms with Gasteiger partial charge < -0.3 is 23.3 Å². The van der Waals surface area contributed by atoms with Gasteiger partial charge in [0.1, 0.15) is 17.1 Å². The number of carbonyl (C=O) groups excluding carboxylic acids is 1. The van der Waals surface area contributed by atoms with Crippen LogP contribution in [0.25, 0.3) is 16.7 Å². The van der Waals surface area contributed by atoms with Crippen molar-refractivity contribution in [3.05, 3.63) is 42.2 Å². The summed E-state index contributed by atoms with van der Waals surface area (Å²) in [4.78, 5) is 16.0. The minimum atomic E-state index is -0.488. The molecule has 3 aromatic rings. The minimum Gasteiger partial charge on any atom is -0.496 e. The fraction of sp³-hybridized carbons (Fsp3) is 0.364. The Kier molecular flexibility index (Phi) is 4.87. The molecule has 1 aliphatic heterocycles. The van der Waals surface area contributed by atoms with Gasteiger partial charge in [0, 0.05) is 29.9 Å². The van der Waals surface area contributed by atoms with Crippen LogP contribution in [0.5, 0.6) is 11.5 Å². The van der Waals surface area contributed by atoms with Crippen LogP contribution in [-0.4, -0.2) is 48.4 Å². The van der Waals surface area contributed by atoms with Crippen LogP contribution in [-0.2, 0) is 9.31 Å². The van der Waals surface area contributed by atoms with Crippen LogP contribution in [0.15, 0.2) is 36.7 Å². The van der Waals surface area contributed by atoms with Crippen molar-refractivity contribution in [1.82, 2.24) is 9.55 Å². The Morgan fingerprint density at radius 3 is 2.17 bits per heavy atom. The van der Waals surface area contributed by atoms with Gasteiger partial charge in [-0.2, -0.15) is 0 Å². The third-order valence-electron chi connectivity index (χ3n) is 6.05. The van der Waals surface area contributed by atoms with E-state index < -0.39 is 18.3 Å². The Balaban J connectivity index is 1.83. The highest BCUT2D eigenvalue weighted by molar-refractivity contribution is 6.65. The topological polar surface area (TPSA) is 71.8 Å². The van der Waals surface area contributed by atoms with Crippen LogP contribution in [0, 0.1) is 0 Å². The Bertz CT molecular complexity index is 1080. The van der Waals surface area contributed by atoms with Crippen molar-refractivity contribution >= 4 is 29.9 Å². The van der Waals surface area contributed by atoms with E-state index in [0.717, 1.165) is 28.5 Å². The largest absolute Gasteiger partial charge is 0.496 e. The normalized spacial score (nSPS) is 17.3. The van der Waals surface area contributed by atoms with Crippen LogP contribution in [0.3, 0.4) is 0 Å². The van der Waals surface area contributed by atoms with E-state index in [9.17, 15) is 4.79 Å². The first-order valence-electron chi connectivity index (χ1n) is 9.75. The second-order valence-electron chi connectivity index (χ2n) is 8.29. The third-order valence-corrected chi connectivity index (χ3v) is 6.05. The highest BCUT2D eigenvalue weighted by Crippen LogP contribution is 2.37. The summed E-state index contributed by atoms with van der Waals surface area (Å²) < 4.78 is 25.2. The molecule has 0 radical (unpaired) electrons. The van der Waals surface area contributed by atoms with Gasteiger partial charge >= 0.3 is 7.12 Å². The number of carbonyl (C=O) groups is 1. The molecule has 8 heteroatoms. The van der Waals surface area contributed by atoms with Gasteiger partial charge in [0.05, 0.1) is 36.7 Å². The lowest BCUT2D eigenvalue weighted by molar-refractivity contribution is 0.00578. The van der Waals surface area contributed by atoms with Crippen molar-refractivity contribution in [1.29, 1.82) is 0 Å². The number of aldehydes is 1. The van der Waals surface area contributed by atoms with Crippen LogP contribution in [0.1, 0.15) is 38.1 Å². The first kappa shape index (κ1) is 20.4. The lowest BCUT2D eigenvalue weighted by Crippen LogP contribution is -2.41. The molecule has 0 saturated carbocycles. The monoisotopic (exact) mass is 408 g/mol. The predicted molar refractivity (Wildman–Crippen MR) is 115 cm³/mol. The Labute approximate surface area is 176 Å². The van der Waals surface area contributed by atoms with Gasteiger partial charge in [-0.3, -0.25) is 4.79 Å². The molecule has 0 spiro atoms. The van der Waals surface area contributed by atoms with E-state index in [4.69, 9.17) is 18.8 Å². The van der Waals surface area contributed by atoms with Crippen molar-refractivity contribution in [3.8, 4) is 17.2 Å². The number of rotatable bonds is 5. The molecule has 7 nitrogen and oxygen atoms in total. The maximum atomic E-state index is 11.5. The lowest BCUT2D eigenvalue weighted by Gasteiger charge is -2.32. The number of pyridine rings is 1. The summed E-state index contributed by atoms with van der Waals surface area (Å²) in [5.74, 6) is 0.867. The van der Waals surface area contributed by atoms with E-state index in [-0.39, 0.29) is 0 Å². The summed E-state index contributed by atoms with van der Waals surface area (Å²) >= 11 is 0. The van der Waals surface area contributed by atoms with Crippen molar-refractivity contribution < 1.29 is 23.6 Å². The van der Waals surface area contributed by atoms with Gasteiger partial charge in [-0.25, -0.2) is 4.98 Å². The molecule has 1 aliphatic rings. The van der Waals surface area contributed by atoms with Crippen LogP contribution < -0.4 is 14.9 Å². The van der Waals surface area contributed by atoms with Gasteiger partial charge in [0.25, 0.3) is 0 Å². The van der Waals surface area contributed by atoms with E-state index in [1.165, 1.54) is 14.2 Å². The maximum absolute atomic E-state index is 11.5. The summed E-state index contributed by atoms with van der Waals surface area (Å²) in [5, 5.41) is 0.924. The SMILES string of the molecule is COc1cc(-n2ccc3c(B4OC(C)(C)C(C)(C)O4)ccnc32)cc(OC)c1C=O. The van der Waals surface area contributed by atoms with Gasteiger partial charge in [-0.1, -0.05) is 0 Å². The standard InChI is InChI=1S/C22H25BN2O5/c1-21(2)22(3,4)30-23(29-21)17-7-9-24-20-15(17)8-10-25(20)14-11-18(27-5)16(13-26)19(12-14)28-6/h7-13H,1-6H3. The van der Waals surface area contributed by atoms with Crippen molar-refractivity contribution in [2.24, 2.45) is 0 Å². The zero-order valence-electron chi connectivity index (χ0n) is 18.1. The second-order valence-corrected chi connectivity index (χ2v) is 8.29. The molecule has 1 aromatic carbocycles. The van der Waals surface area contributed by atoms with E-state index in [1.54, 1.807) is 18.3 Å². The molecule has 0 atom stereocenters. The van der Waals surface area contributed by atoms with E-state index in [1.807, 2.05) is 50.6 Å². The molecule has 30 heavy (non-hydrogen) atoms. The van der Waals surface area contributed by atoms with E-state index in [2.05, 4.69) is 4.98 Å². The smallest absolute Gasteiger partial charge is 0.495 e. The first-order valence-corrected chi connectivity index (χ1v) is 9.75. The summed E-state index contributed by atoms with van der Waals surface area (Å²) in [7, 11) is 2.56. The molecule has 0 bridgehead atoms. The first-order chi connectivity index (χ1) is 14.2. The highest BCUT2D eigenvalue weighted by Gasteiger charge is 2.52. The average Bonchev–Trinajstić information content (AvgIpc) is 3.24. The van der Waals surface area contributed by atoms with Gasteiger partial charge in [-0.05, 0) is 45.3 Å². The summed E-state index contributed by atoms with van der Waals surface area (Å²) in [6.45, 7) is 8.13. The van der Waals surface area contributed by atoms with Gasteiger partial charge in [0.2, 0.25) is 0 Å². The van der Waals surface area contributed by atoms with Crippen LogP contribution in [0.2, 0.25) is 0 Å². The number of aromatic nitrogens is 2. The molecular formula is C22H25BN2O5. The zero-order chi connectivity index (χ0) is 21.7. The molecule has 0 N–H and O–H groups in total.